The lowest BCUT2D eigenvalue weighted by Crippen LogP contribution is -2.45. The molecule has 3 aliphatic heterocycles. The van der Waals surface area contributed by atoms with Crippen LogP contribution in [-0.2, 0) is 0 Å². The van der Waals surface area contributed by atoms with Crippen LogP contribution in [0.3, 0.4) is 0 Å². The first-order chi connectivity index (χ1) is 11.6. The molecule has 4 aliphatic rings. The summed E-state index contributed by atoms with van der Waals surface area (Å²) < 4.78 is 0. The molecule has 1 amide bonds. The minimum absolute atomic E-state index is 0.213. The van der Waals surface area contributed by atoms with Crippen LogP contribution in [0.25, 0.3) is 0 Å². The lowest BCUT2D eigenvalue weighted by Gasteiger charge is -2.36. The monoisotopic (exact) mass is 327 g/mol. The van der Waals surface area contributed by atoms with Crippen molar-refractivity contribution in [2.24, 2.45) is 11.8 Å². The Morgan fingerprint density at radius 1 is 1.04 bits per heavy atom. The molecular weight excluding hydrogens is 298 g/mol. The van der Waals surface area contributed by atoms with E-state index >= 15 is 0 Å². The van der Waals surface area contributed by atoms with E-state index in [2.05, 4.69) is 14.7 Å². The van der Waals surface area contributed by atoms with Gasteiger partial charge in [-0.1, -0.05) is 0 Å². The highest BCUT2D eigenvalue weighted by Gasteiger charge is 2.38. The van der Waals surface area contributed by atoms with Crippen molar-refractivity contribution in [2.75, 3.05) is 45.2 Å². The summed E-state index contributed by atoms with van der Waals surface area (Å²) in [7, 11) is 4.05. The van der Waals surface area contributed by atoms with Crippen molar-refractivity contribution in [3.63, 3.8) is 0 Å². The number of amides is 1. The van der Waals surface area contributed by atoms with Gasteiger partial charge in [-0.05, 0) is 61.8 Å². The molecule has 4 fully saturated rings. The number of piperidine rings is 1. The minimum Gasteiger partial charge on any atom is -0.378 e. The molecule has 2 atom stereocenters. The van der Waals surface area contributed by atoms with Crippen LogP contribution in [0.4, 0.5) is 5.69 Å². The SMILES string of the molecule is CN(C)c1ccc(C(=O)N2C[C@H]3CC[C@@H](C2)N(CC2CC2)C3)cc1. The van der Waals surface area contributed by atoms with Crippen LogP contribution in [0.15, 0.2) is 24.3 Å². The fraction of sp³-hybridized carbons (Fsp3) is 0.650. The van der Waals surface area contributed by atoms with E-state index in [-0.39, 0.29) is 5.91 Å². The summed E-state index contributed by atoms with van der Waals surface area (Å²) in [6, 6.07) is 8.62. The number of benzene rings is 1. The van der Waals surface area contributed by atoms with Gasteiger partial charge in [0, 0.05) is 57.6 Å². The maximum absolute atomic E-state index is 13.0. The molecule has 24 heavy (non-hydrogen) atoms. The third-order valence-corrected chi connectivity index (χ3v) is 5.93. The minimum atomic E-state index is 0.213. The molecule has 5 rings (SSSR count). The fourth-order valence-electron chi connectivity index (χ4n) is 4.29. The Kier molecular flexibility index (Phi) is 4.25. The van der Waals surface area contributed by atoms with Gasteiger partial charge in [0.25, 0.3) is 5.91 Å². The number of nitrogens with zero attached hydrogens (tertiary/aromatic N) is 3. The molecule has 3 heterocycles. The summed E-state index contributed by atoms with van der Waals surface area (Å²) in [5.41, 5.74) is 1.97. The molecule has 0 unspecified atom stereocenters. The lowest BCUT2D eigenvalue weighted by atomic mass is 9.95. The van der Waals surface area contributed by atoms with Crippen molar-refractivity contribution in [1.29, 1.82) is 0 Å². The Balaban J connectivity index is 1.46. The second-order valence-corrected chi connectivity index (χ2v) is 8.15. The number of anilines is 1. The van der Waals surface area contributed by atoms with Gasteiger partial charge in [0.1, 0.15) is 0 Å². The van der Waals surface area contributed by atoms with Crippen LogP contribution in [-0.4, -0.2) is 62.0 Å². The first kappa shape index (κ1) is 15.9. The van der Waals surface area contributed by atoms with E-state index in [0.29, 0.717) is 12.0 Å². The molecule has 1 aromatic rings. The van der Waals surface area contributed by atoms with E-state index in [0.717, 1.165) is 30.3 Å². The van der Waals surface area contributed by atoms with Crippen molar-refractivity contribution in [3.8, 4) is 0 Å². The van der Waals surface area contributed by atoms with Gasteiger partial charge in [-0.3, -0.25) is 9.69 Å². The summed E-state index contributed by atoms with van der Waals surface area (Å²) in [6.07, 6.45) is 5.37. The van der Waals surface area contributed by atoms with Gasteiger partial charge >= 0.3 is 0 Å². The van der Waals surface area contributed by atoms with Crippen LogP contribution in [0.2, 0.25) is 0 Å². The number of fused-ring (bicyclic) bond motifs is 4. The Morgan fingerprint density at radius 2 is 1.79 bits per heavy atom. The van der Waals surface area contributed by atoms with Crippen molar-refractivity contribution in [1.82, 2.24) is 9.80 Å². The van der Waals surface area contributed by atoms with E-state index in [1.807, 2.05) is 38.4 Å². The Labute approximate surface area is 145 Å². The van der Waals surface area contributed by atoms with Gasteiger partial charge in [0.15, 0.2) is 0 Å². The Bertz CT molecular complexity index is 593. The molecule has 4 nitrogen and oxygen atoms in total. The summed E-state index contributed by atoms with van der Waals surface area (Å²) in [5, 5.41) is 0. The first-order valence-electron chi connectivity index (χ1n) is 9.41. The number of carbonyl (C=O) groups excluding carboxylic acids is 1. The predicted octanol–water partition coefficient (Wildman–Crippen LogP) is 2.70. The molecule has 0 spiro atoms. The molecule has 0 N–H and O–H groups in total. The summed E-state index contributed by atoms with van der Waals surface area (Å²) in [5.74, 6) is 1.81. The lowest BCUT2D eigenvalue weighted by molar-refractivity contribution is 0.0737. The summed E-state index contributed by atoms with van der Waals surface area (Å²) >= 11 is 0. The van der Waals surface area contributed by atoms with Gasteiger partial charge in [0.2, 0.25) is 0 Å². The van der Waals surface area contributed by atoms with Crippen LogP contribution in [0.1, 0.15) is 36.0 Å². The van der Waals surface area contributed by atoms with Crippen LogP contribution < -0.4 is 4.90 Å². The van der Waals surface area contributed by atoms with E-state index < -0.39 is 0 Å². The third-order valence-electron chi connectivity index (χ3n) is 5.93. The number of rotatable bonds is 4. The van der Waals surface area contributed by atoms with E-state index in [9.17, 15) is 4.79 Å². The van der Waals surface area contributed by atoms with E-state index in [1.165, 1.54) is 38.8 Å². The zero-order valence-electron chi connectivity index (χ0n) is 14.9. The van der Waals surface area contributed by atoms with Crippen molar-refractivity contribution < 1.29 is 4.79 Å². The standard InChI is InChI=1S/C20H29N3O/c1-21(2)18-9-6-17(7-10-18)20(24)23-13-16-5-8-19(14-23)22(12-16)11-15-3-4-15/h6-7,9-10,15-16,19H,3-5,8,11-14H2,1-2H3/t16-,19-/m0/s1. The predicted molar refractivity (Wildman–Crippen MR) is 97.5 cm³/mol. The number of carbonyl (C=O) groups is 1. The second kappa shape index (κ2) is 6.40. The van der Waals surface area contributed by atoms with Crippen molar-refractivity contribution in [2.45, 2.75) is 31.7 Å². The topological polar surface area (TPSA) is 26.8 Å². The zero-order chi connectivity index (χ0) is 16.7. The first-order valence-corrected chi connectivity index (χ1v) is 9.41. The normalized spacial score (nSPS) is 27.2. The molecule has 1 aliphatic carbocycles. The third kappa shape index (κ3) is 3.30. The molecule has 130 valence electrons. The molecule has 1 saturated carbocycles. The largest absolute Gasteiger partial charge is 0.378 e. The van der Waals surface area contributed by atoms with Gasteiger partial charge < -0.3 is 9.80 Å². The smallest absolute Gasteiger partial charge is 0.253 e. The van der Waals surface area contributed by atoms with Crippen LogP contribution in [0.5, 0.6) is 0 Å². The van der Waals surface area contributed by atoms with Crippen molar-refractivity contribution >= 4 is 11.6 Å². The van der Waals surface area contributed by atoms with Crippen LogP contribution in [0, 0.1) is 11.8 Å². The molecular formula is C20H29N3O. The maximum atomic E-state index is 13.0. The summed E-state index contributed by atoms with van der Waals surface area (Å²) in [4.78, 5) is 19.9. The summed E-state index contributed by atoms with van der Waals surface area (Å²) in [6.45, 7) is 4.31. The quantitative estimate of drug-likeness (QED) is 0.851. The highest BCUT2D eigenvalue weighted by atomic mass is 16.2. The number of hydrogen-bond acceptors (Lipinski definition) is 3. The average molecular weight is 327 g/mol. The van der Waals surface area contributed by atoms with E-state index in [4.69, 9.17) is 0 Å². The highest BCUT2D eigenvalue weighted by Crippen LogP contribution is 2.35. The Hall–Kier alpha value is -1.55. The van der Waals surface area contributed by atoms with Crippen LogP contribution >= 0.6 is 0 Å². The van der Waals surface area contributed by atoms with Gasteiger partial charge in [0.05, 0.1) is 0 Å². The Morgan fingerprint density at radius 3 is 2.46 bits per heavy atom. The molecule has 0 radical (unpaired) electrons. The van der Waals surface area contributed by atoms with Gasteiger partial charge in [-0.15, -0.1) is 0 Å². The maximum Gasteiger partial charge on any atom is 0.253 e. The molecule has 4 heteroatoms. The van der Waals surface area contributed by atoms with Gasteiger partial charge in [-0.2, -0.15) is 0 Å². The van der Waals surface area contributed by atoms with E-state index in [1.54, 1.807) is 0 Å². The van der Waals surface area contributed by atoms with Gasteiger partial charge in [-0.25, -0.2) is 0 Å². The zero-order valence-corrected chi connectivity index (χ0v) is 14.9. The molecule has 2 bridgehead atoms. The fourth-order valence-corrected chi connectivity index (χ4v) is 4.29. The number of hydrogen-bond donors (Lipinski definition) is 0. The molecule has 3 saturated heterocycles. The average Bonchev–Trinajstić information content (AvgIpc) is 3.42. The second-order valence-electron chi connectivity index (χ2n) is 8.15. The highest BCUT2D eigenvalue weighted by molar-refractivity contribution is 5.94. The molecule has 0 aromatic heterocycles. The van der Waals surface area contributed by atoms with Crippen molar-refractivity contribution in [3.05, 3.63) is 29.8 Å². The molecule has 1 aromatic carbocycles.